The first-order chi connectivity index (χ1) is 6.70. The van der Waals surface area contributed by atoms with E-state index in [0.717, 1.165) is 11.5 Å². The SMILES string of the molecule is Cc1oc(C)c(-c2ccccc2)c1C. The van der Waals surface area contributed by atoms with E-state index in [2.05, 4.69) is 31.2 Å². The van der Waals surface area contributed by atoms with Crippen molar-refractivity contribution < 1.29 is 4.42 Å². The zero-order valence-corrected chi connectivity index (χ0v) is 8.79. The van der Waals surface area contributed by atoms with Crippen LogP contribution in [0.25, 0.3) is 11.1 Å². The molecule has 0 spiro atoms. The van der Waals surface area contributed by atoms with E-state index in [1.807, 2.05) is 19.9 Å². The van der Waals surface area contributed by atoms with Gasteiger partial charge in [0.15, 0.2) is 0 Å². The van der Waals surface area contributed by atoms with Crippen molar-refractivity contribution in [2.75, 3.05) is 0 Å². The Morgan fingerprint density at radius 2 is 1.50 bits per heavy atom. The zero-order chi connectivity index (χ0) is 10.1. The van der Waals surface area contributed by atoms with Gasteiger partial charge in [0, 0.05) is 5.56 Å². The van der Waals surface area contributed by atoms with Crippen LogP contribution in [0.15, 0.2) is 34.7 Å². The van der Waals surface area contributed by atoms with Gasteiger partial charge < -0.3 is 4.42 Å². The minimum absolute atomic E-state index is 1.01. The summed E-state index contributed by atoms with van der Waals surface area (Å²) in [6, 6.07) is 10.4. The molecule has 0 aliphatic rings. The van der Waals surface area contributed by atoms with Crippen LogP contribution < -0.4 is 0 Å². The third-order valence-corrected chi connectivity index (χ3v) is 2.62. The fourth-order valence-electron chi connectivity index (χ4n) is 1.82. The molecular formula is C13H14O. The third-order valence-electron chi connectivity index (χ3n) is 2.62. The Kier molecular flexibility index (Phi) is 2.16. The lowest BCUT2D eigenvalue weighted by atomic mass is 10.0. The van der Waals surface area contributed by atoms with Gasteiger partial charge in [-0.05, 0) is 31.9 Å². The minimum Gasteiger partial charge on any atom is -0.466 e. The van der Waals surface area contributed by atoms with E-state index in [1.54, 1.807) is 0 Å². The van der Waals surface area contributed by atoms with E-state index < -0.39 is 0 Å². The summed E-state index contributed by atoms with van der Waals surface area (Å²) in [5.41, 5.74) is 3.72. The second-order valence-electron chi connectivity index (χ2n) is 3.58. The second kappa shape index (κ2) is 3.33. The van der Waals surface area contributed by atoms with Gasteiger partial charge in [0.05, 0.1) is 0 Å². The van der Waals surface area contributed by atoms with E-state index in [9.17, 15) is 0 Å². The number of benzene rings is 1. The van der Waals surface area contributed by atoms with Gasteiger partial charge in [0.1, 0.15) is 11.5 Å². The monoisotopic (exact) mass is 186 g/mol. The lowest BCUT2D eigenvalue weighted by Crippen LogP contribution is -1.80. The van der Waals surface area contributed by atoms with Crippen LogP contribution in [0.5, 0.6) is 0 Å². The largest absolute Gasteiger partial charge is 0.466 e. The van der Waals surface area contributed by atoms with Crippen molar-refractivity contribution >= 4 is 0 Å². The first-order valence-electron chi connectivity index (χ1n) is 4.82. The van der Waals surface area contributed by atoms with Crippen LogP contribution in [0, 0.1) is 20.8 Å². The Labute approximate surface area is 84.4 Å². The molecule has 72 valence electrons. The van der Waals surface area contributed by atoms with E-state index >= 15 is 0 Å². The summed E-state index contributed by atoms with van der Waals surface area (Å²) in [5.74, 6) is 2.02. The summed E-state index contributed by atoms with van der Waals surface area (Å²) < 4.78 is 5.60. The molecule has 1 nitrogen and oxygen atoms in total. The maximum atomic E-state index is 5.60. The van der Waals surface area contributed by atoms with Crippen LogP contribution in [0.3, 0.4) is 0 Å². The number of hydrogen-bond acceptors (Lipinski definition) is 1. The first kappa shape index (κ1) is 9.07. The summed E-state index contributed by atoms with van der Waals surface area (Å²) >= 11 is 0. The van der Waals surface area contributed by atoms with Gasteiger partial charge in [0.25, 0.3) is 0 Å². The van der Waals surface area contributed by atoms with Gasteiger partial charge in [-0.2, -0.15) is 0 Å². The van der Waals surface area contributed by atoms with Gasteiger partial charge in [0.2, 0.25) is 0 Å². The van der Waals surface area contributed by atoms with Crippen molar-refractivity contribution in [2.45, 2.75) is 20.8 Å². The Bertz CT molecular complexity index is 438. The summed E-state index contributed by atoms with van der Waals surface area (Å²) in [6.45, 7) is 6.13. The van der Waals surface area contributed by atoms with Gasteiger partial charge in [-0.3, -0.25) is 0 Å². The van der Waals surface area contributed by atoms with Crippen LogP contribution in [-0.2, 0) is 0 Å². The third kappa shape index (κ3) is 1.35. The van der Waals surface area contributed by atoms with E-state index in [0.29, 0.717) is 0 Å². The number of aryl methyl sites for hydroxylation is 2. The molecule has 2 aromatic rings. The second-order valence-corrected chi connectivity index (χ2v) is 3.58. The molecule has 0 atom stereocenters. The Balaban J connectivity index is 2.62. The quantitative estimate of drug-likeness (QED) is 0.658. The van der Waals surface area contributed by atoms with E-state index in [-0.39, 0.29) is 0 Å². The molecule has 0 radical (unpaired) electrons. The van der Waals surface area contributed by atoms with Crippen molar-refractivity contribution in [3.63, 3.8) is 0 Å². The average molecular weight is 186 g/mol. The molecule has 0 aliphatic heterocycles. The van der Waals surface area contributed by atoms with Gasteiger partial charge in [-0.1, -0.05) is 30.3 Å². The molecule has 0 saturated heterocycles. The molecule has 0 amide bonds. The molecule has 0 aliphatic carbocycles. The molecule has 0 saturated carbocycles. The highest BCUT2D eigenvalue weighted by molar-refractivity contribution is 5.69. The van der Waals surface area contributed by atoms with E-state index in [1.165, 1.54) is 16.7 Å². The van der Waals surface area contributed by atoms with Gasteiger partial charge in [-0.25, -0.2) is 0 Å². The Morgan fingerprint density at radius 3 is 2.00 bits per heavy atom. The van der Waals surface area contributed by atoms with E-state index in [4.69, 9.17) is 4.42 Å². The normalized spacial score (nSPS) is 10.5. The van der Waals surface area contributed by atoms with Crippen LogP contribution in [0.4, 0.5) is 0 Å². The van der Waals surface area contributed by atoms with Crippen molar-refractivity contribution in [3.05, 3.63) is 47.4 Å². The molecule has 2 rings (SSSR count). The fourth-order valence-corrected chi connectivity index (χ4v) is 1.82. The number of furan rings is 1. The molecule has 0 unspecified atom stereocenters. The van der Waals surface area contributed by atoms with Crippen molar-refractivity contribution in [2.24, 2.45) is 0 Å². The highest BCUT2D eigenvalue weighted by atomic mass is 16.3. The maximum Gasteiger partial charge on any atom is 0.109 e. The van der Waals surface area contributed by atoms with Crippen molar-refractivity contribution in [1.82, 2.24) is 0 Å². The molecule has 1 aromatic heterocycles. The predicted octanol–water partition coefficient (Wildman–Crippen LogP) is 3.87. The Morgan fingerprint density at radius 1 is 0.857 bits per heavy atom. The van der Waals surface area contributed by atoms with Crippen LogP contribution in [-0.4, -0.2) is 0 Å². The summed E-state index contributed by atoms with van der Waals surface area (Å²) in [6.07, 6.45) is 0. The molecule has 0 bridgehead atoms. The standard InChI is InChI=1S/C13H14O/c1-9-10(2)14-11(3)13(9)12-7-5-4-6-8-12/h4-8H,1-3H3. The smallest absolute Gasteiger partial charge is 0.109 e. The highest BCUT2D eigenvalue weighted by Crippen LogP contribution is 2.30. The van der Waals surface area contributed by atoms with Gasteiger partial charge in [-0.15, -0.1) is 0 Å². The first-order valence-corrected chi connectivity index (χ1v) is 4.82. The predicted molar refractivity (Wildman–Crippen MR) is 58.4 cm³/mol. The molecule has 1 aromatic carbocycles. The molecular weight excluding hydrogens is 172 g/mol. The van der Waals surface area contributed by atoms with Crippen LogP contribution >= 0.6 is 0 Å². The molecule has 0 fully saturated rings. The molecule has 0 N–H and O–H groups in total. The summed E-state index contributed by atoms with van der Waals surface area (Å²) in [5, 5.41) is 0. The highest BCUT2D eigenvalue weighted by Gasteiger charge is 2.11. The zero-order valence-electron chi connectivity index (χ0n) is 8.79. The minimum atomic E-state index is 1.01. The van der Waals surface area contributed by atoms with Crippen molar-refractivity contribution in [3.8, 4) is 11.1 Å². The summed E-state index contributed by atoms with van der Waals surface area (Å²) in [7, 11) is 0. The average Bonchev–Trinajstić information content (AvgIpc) is 2.43. The fraction of sp³-hybridized carbons (Fsp3) is 0.231. The topological polar surface area (TPSA) is 13.1 Å². The molecule has 14 heavy (non-hydrogen) atoms. The van der Waals surface area contributed by atoms with Crippen LogP contribution in [0.1, 0.15) is 17.1 Å². The molecule has 1 heterocycles. The lowest BCUT2D eigenvalue weighted by Gasteiger charge is -2.00. The lowest BCUT2D eigenvalue weighted by molar-refractivity contribution is 0.503. The Hall–Kier alpha value is -1.50. The van der Waals surface area contributed by atoms with Crippen LogP contribution in [0.2, 0.25) is 0 Å². The van der Waals surface area contributed by atoms with Crippen molar-refractivity contribution in [1.29, 1.82) is 0 Å². The molecule has 1 heteroatoms. The van der Waals surface area contributed by atoms with Gasteiger partial charge >= 0.3 is 0 Å². The summed E-state index contributed by atoms with van der Waals surface area (Å²) in [4.78, 5) is 0. The number of hydrogen-bond donors (Lipinski definition) is 0. The number of rotatable bonds is 1. The maximum absolute atomic E-state index is 5.60.